The number of benzene rings is 2. The Balaban J connectivity index is 0.000000485. The van der Waals surface area contributed by atoms with Crippen LogP contribution in [0.3, 0.4) is 0 Å². The molecule has 0 saturated carbocycles. The van der Waals surface area contributed by atoms with Crippen LogP contribution in [0.15, 0.2) is 48.7 Å². The summed E-state index contributed by atoms with van der Waals surface area (Å²) in [6, 6.07) is 10.7. The number of non-ortho nitro benzene ring substituents is 1. The number of methoxy groups -OCH3 is 1. The lowest BCUT2D eigenvalue weighted by atomic mass is 10.1. The van der Waals surface area contributed by atoms with Crippen molar-refractivity contribution < 1.29 is 39.7 Å². The molecule has 0 bridgehead atoms. The summed E-state index contributed by atoms with van der Waals surface area (Å²) in [5, 5.41) is 39.3. The van der Waals surface area contributed by atoms with E-state index >= 15 is 0 Å². The van der Waals surface area contributed by atoms with Crippen molar-refractivity contribution in [3.8, 4) is 0 Å². The van der Waals surface area contributed by atoms with E-state index in [0.29, 0.717) is 18.1 Å². The number of hydrogen-bond donors (Lipinski definition) is 4. The van der Waals surface area contributed by atoms with E-state index in [4.69, 9.17) is 10.5 Å². The van der Waals surface area contributed by atoms with Crippen LogP contribution in [0.2, 0.25) is 0 Å². The molecule has 32 heavy (non-hydrogen) atoms. The Morgan fingerprint density at radius 1 is 0.969 bits per heavy atom. The molecule has 2 aromatic carbocycles. The van der Waals surface area contributed by atoms with Gasteiger partial charge in [0.05, 0.1) is 26.4 Å². The van der Waals surface area contributed by atoms with Gasteiger partial charge in [0.1, 0.15) is 5.56 Å². The van der Waals surface area contributed by atoms with E-state index in [1.54, 1.807) is 32.5 Å². The van der Waals surface area contributed by atoms with E-state index in [9.17, 15) is 29.8 Å². The molecule has 0 radical (unpaired) electrons. The van der Waals surface area contributed by atoms with Gasteiger partial charge in [-0.1, -0.05) is 17.2 Å². The minimum Gasteiger partial charge on any atom is -0.388 e. The zero-order valence-corrected chi connectivity index (χ0v) is 16.8. The number of nitro groups is 2. The lowest BCUT2D eigenvalue weighted by Crippen LogP contribution is -2.01. The van der Waals surface area contributed by atoms with Crippen molar-refractivity contribution in [2.24, 2.45) is 0 Å². The Hall–Kier alpha value is -4.24. The molecular weight excluding hydrogens is 432 g/mol. The van der Waals surface area contributed by atoms with Crippen molar-refractivity contribution >= 4 is 40.7 Å². The predicted molar refractivity (Wildman–Crippen MR) is 112 cm³/mol. The zero-order valence-electron chi connectivity index (χ0n) is 16.8. The number of carbonyl (C=O) groups is 2. The second-order valence-electron chi connectivity index (χ2n) is 5.34. The summed E-state index contributed by atoms with van der Waals surface area (Å²) < 4.78 is 4.25. The molecule has 0 fully saturated rings. The zero-order chi connectivity index (χ0) is 24.5. The molecule has 0 aliphatic carbocycles. The molecule has 0 spiro atoms. The van der Waals surface area contributed by atoms with Gasteiger partial charge in [0.2, 0.25) is 6.41 Å². The van der Waals surface area contributed by atoms with Crippen LogP contribution in [-0.4, -0.2) is 52.3 Å². The highest BCUT2D eigenvalue weighted by atomic mass is 17.4. The number of rotatable bonds is 5. The lowest BCUT2D eigenvalue weighted by molar-refractivity contribution is -0.465. The molecule has 14 nitrogen and oxygen atoms in total. The highest BCUT2D eigenvalue weighted by Gasteiger charge is 2.16. The highest BCUT2D eigenvalue weighted by Crippen LogP contribution is 2.24. The van der Waals surface area contributed by atoms with Crippen LogP contribution in [0.1, 0.15) is 10.4 Å². The van der Waals surface area contributed by atoms with E-state index < -0.39 is 4.92 Å². The molecule has 0 saturated heterocycles. The number of fused-ring (bicyclic) bond motifs is 1. The quantitative estimate of drug-likeness (QED) is 0.192. The van der Waals surface area contributed by atoms with E-state index in [1.807, 2.05) is 6.07 Å². The van der Waals surface area contributed by atoms with Gasteiger partial charge in [-0.15, -0.1) is 0 Å². The van der Waals surface area contributed by atoms with Crippen LogP contribution in [-0.2, 0) is 14.6 Å². The van der Waals surface area contributed by atoms with Crippen molar-refractivity contribution in [1.82, 2.24) is 4.98 Å². The number of nitro benzene ring substituents is 2. The van der Waals surface area contributed by atoms with Gasteiger partial charge in [-0.05, 0) is 18.2 Å². The van der Waals surface area contributed by atoms with E-state index in [2.05, 4.69) is 20.1 Å². The Morgan fingerprint density at radius 3 is 2.00 bits per heavy atom. The monoisotopic (exact) mass is 452 g/mol. The molecule has 14 heteroatoms. The second kappa shape index (κ2) is 15.6. The third-order valence-electron chi connectivity index (χ3n) is 3.38. The summed E-state index contributed by atoms with van der Waals surface area (Å²) in [6.45, 7) is 0. The number of aromatic nitrogens is 1. The molecule has 1 aromatic heterocycles. The molecule has 3 aromatic rings. The van der Waals surface area contributed by atoms with E-state index in [0.717, 1.165) is 5.52 Å². The Bertz CT molecular complexity index is 1020. The average molecular weight is 452 g/mol. The van der Waals surface area contributed by atoms with Crippen LogP contribution in [0.25, 0.3) is 10.9 Å². The smallest absolute Gasteiger partial charge is 0.282 e. The van der Waals surface area contributed by atoms with Gasteiger partial charge < -0.3 is 15.0 Å². The number of aromatic amines is 1. The van der Waals surface area contributed by atoms with Gasteiger partial charge >= 0.3 is 0 Å². The average Bonchev–Trinajstić information content (AvgIpc) is 3.24. The summed E-state index contributed by atoms with van der Waals surface area (Å²) in [6.07, 6.45) is 2.38. The Morgan fingerprint density at radius 2 is 1.50 bits per heavy atom. The number of aldehydes is 1. The molecule has 172 valence electrons. The first kappa shape index (κ1) is 27.8. The number of amides is 1. The van der Waals surface area contributed by atoms with Gasteiger partial charge in [0.25, 0.3) is 11.4 Å². The minimum absolute atomic E-state index is 0.129. The molecule has 0 unspecified atom stereocenters. The molecule has 4 N–H and O–H groups in total. The normalized spacial score (nSPS) is 9.00. The first-order valence-electron chi connectivity index (χ1n) is 8.31. The van der Waals surface area contributed by atoms with Gasteiger partial charge in [-0.2, -0.15) is 0 Å². The minimum atomic E-state index is -0.681. The second-order valence-corrected chi connectivity index (χ2v) is 5.34. The molecule has 3 rings (SSSR count). The van der Waals surface area contributed by atoms with Crippen molar-refractivity contribution in [3.05, 3.63) is 74.5 Å². The number of hydrogen-bond acceptors (Lipinski definition) is 10. The number of nitrogens with zero attached hydrogens (tertiary/aromatic N) is 2. The van der Waals surface area contributed by atoms with Gasteiger partial charge in [0.15, 0.2) is 6.29 Å². The van der Waals surface area contributed by atoms with Crippen molar-refractivity contribution in [3.63, 3.8) is 0 Å². The largest absolute Gasteiger partial charge is 0.388 e. The first-order chi connectivity index (χ1) is 15.3. The summed E-state index contributed by atoms with van der Waals surface area (Å²) in [4.78, 5) is 43.5. The summed E-state index contributed by atoms with van der Waals surface area (Å²) in [5.74, 6) is 0. The third-order valence-corrected chi connectivity index (χ3v) is 3.38. The molecule has 0 atom stereocenters. The van der Waals surface area contributed by atoms with Gasteiger partial charge in [0, 0.05) is 32.5 Å². The molecule has 1 heterocycles. The number of ether oxygens (including phenoxy) is 1. The summed E-state index contributed by atoms with van der Waals surface area (Å²) >= 11 is 0. The van der Waals surface area contributed by atoms with Gasteiger partial charge in [-0.25, -0.2) is 10.5 Å². The van der Waals surface area contributed by atoms with Crippen LogP contribution in [0.5, 0.6) is 0 Å². The third kappa shape index (κ3) is 8.64. The number of anilines is 1. The maximum Gasteiger partial charge on any atom is 0.282 e. The molecule has 0 aliphatic rings. The molecule has 0 aliphatic heterocycles. The van der Waals surface area contributed by atoms with Crippen molar-refractivity contribution in [2.75, 3.05) is 19.5 Å². The van der Waals surface area contributed by atoms with Crippen molar-refractivity contribution in [2.45, 2.75) is 0 Å². The Kier molecular flexibility index (Phi) is 13.5. The number of nitrogens with one attached hydrogen (secondary N) is 2. The fraction of sp³-hybridized carbons (Fsp3) is 0.111. The standard InChI is InChI=1S/C8H6N2O4.C8H6N2O2.C2H6O.H2O3/c11-4-6-7(9-5-12)2-1-3-8(6)10(13)14;11-10(12)8-3-1-2-7-6(8)4-5-9-7;2*1-3-2/h1-5H,(H,9,12);1-5,9H;1-2H3;1-2H. The van der Waals surface area contributed by atoms with Crippen LogP contribution >= 0.6 is 0 Å². The van der Waals surface area contributed by atoms with Crippen LogP contribution < -0.4 is 5.32 Å². The topological polar surface area (TPSA) is 207 Å². The van der Waals surface area contributed by atoms with Crippen LogP contribution in [0, 0.1) is 20.2 Å². The summed E-state index contributed by atoms with van der Waals surface area (Å²) in [7, 11) is 3.25. The fourth-order valence-corrected chi connectivity index (χ4v) is 2.25. The first-order valence-corrected chi connectivity index (χ1v) is 8.31. The molecule has 1 amide bonds. The fourth-order valence-electron chi connectivity index (χ4n) is 2.25. The van der Waals surface area contributed by atoms with Gasteiger partial charge in [-0.3, -0.25) is 29.8 Å². The Labute approximate surface area is 180 Å². The van der Waals surface area contributed by atoms with E-state index in [1.165, 1.54) is 24.3 Å². The van der Waals surface area contributed by atoms with Crippen molar-refractivity contribution in [1.29, 1.82) is 0 Å². The number of H-pyrrole nitrogens is 1. The number of carbonyl (C=O) groups excluding carboxylic acids is 2. The maximum absolute atomic E-state index is 10.6. The lowest BCUT2D eigenvalue weighted by Gasteiger charge is -2.02. The molecular formula is C18H20N4O10. The van der Waals surface area contributed by atoms with E-state index in [-0.39, 0.29) is 27.5 Å². The predicted octanol–water partition coefficient (Wildman–Crippen LogP) is 3.26. The SMILES string of the molecule is COC.O=CNc1cccc([N+](=O)[O-])c1C=O.O=[N+]([O-])c1cccc2[nH]ccc12.OOO. The maximum atomic E-state index is 10.6. The highest BCUT2D eigenvalue weighted by molar-refractivity contribution is 5.93. The summed E-state index contributed by atoms with van der Waals surface area (Å²) in [5.41, 5.74) is 0.610. The van der Waals surface area contributed by atoms with Crippen LogP contribution in [0.4, 0.5) is 17.1 Å².